The Morgan fingerprint density at radius 3 is 2.81 bits per heavy atom. The number of nitrogens with one attached hydrogen (secondary N) is 1. The van der Waals surface area contributed by atoms with Gasteiger partial charge in [0.05, 0.1) is 12.8 Å². The number of rotatable bonds is 4. The molecule has 27 heavy (non-hydrogen) atoms. The highest BCUT2D eigenvalue weighted by molar-refractivity contribution is 8.00. The van der Waals surface area contributed by atoms with Crippen LogP contribution in [0.25, 0.3) is 0 Å². The minimum atomic E-state index is -0.735. The monoisotopic (exact) mass is 390 g/mol. The molecule has 0 aromatic carbocycles. The zero-order valence-electron chi connectivity index (χ0n) is 16.0. The summed E-state index contributed by atoms with van der Waals surface area (Å²) in [5, 5.41) is 3.54. The highest BCUT2D eigenvalue weighted by Crippen LogP contribution is 2.44. The third-order valence-corrected chi connectivity index (χ3v) is 7.92. The molecule has 4 rings (SSSR count). The van der Waals surface area contributed by atoms with Gasteiger partial charge < -0.3 is 14.6 Å². The molecule has 0 radical (unpaired) electrons. The number of thioether (sulfide) groups is 1. The molecule has 2 aliphatic carbocycles. The van der Waals surface area contributed by atoms with Crippen LogP contribution in [0.1, 0.15) is 70.0 Å². The number of carbonyl (C=O) groups excluding carboxylic acids is 2. The molecular formula is C21H30N2O3S. The predicted octanol–water partition coefficient (Wildman–Crippen LogP) is 3.88. The number of fused-ring (bicyclic) bond motifs is 1. The highest BCUT2D eigenvalue weighted by Gasteiger charge is 2.54. The molecule has 5 nitrogen and oxygen atoms in total. The van der Waals surface area contributed by atoms with Gasteiger partial charge in [-0.1, -0.05) is 32.1 Å². The molecule has 0 unspecified atom stereocenters. The summed E-state index contributed by atoms with van der Waals surface area (Å²) < 4.78 is 5.55. The van der Waals surface area contributed by atoms with E-state index in [-0.39, 0.29) is 23.1 Å². The van der Waals surface area contributed by atoms with Crippen molar-refractivity contribution in [1.29, 1.82) is 0 Å². The molecule has 1 saturated heterocycles. The van der Waals surface area contributed by atoms with Gasteiger partial charge in [-0.3, -0.25) is 9.59 Å². The van der Waals surface area contributed by atoms with E-state index in [1.165, 1.54) is 19.3 Å². The van der Waals surface area contributed by atoms with Gasteiger partial charge in [-0.05, 0) is 37.8 Å². The second-order valence-corrected chi connectivity index (χ2v) is 9.46. The van der Waals surface area contributed by atoms with E-state index < -0.39 is 5.54 Å². The summed E-state index contributed by atoms with van der Waals surface area (Å²) in [7, 11) is 0. The molecule has 148 valence electrons. The Kier molecular flexibility index (Phi) is 5.81. The second kappa shape index (κ2) is 8.29. The van der Waals surface area contributed by atoms with Crippen molar-refractivity contribution < 1.29 is 14.0 Å². The quantitative estimate of drug-likeness (QED) is 0.848. The van der Waals surface area contributed by atoms with E-state index in [1.54, 1.807) is 6.26 Å². The summed E-state index contributed by atoms with van der Waals surface area (Å²) in [5.41, 5.74) is -0.735. The van der Waals surface area contributed by atoms with E-state index in [2.05, 4.69) is 5.32 Å². The lowest BCUT2D eigenvalue weighted by molar-refractivity contribution is -0.151. The molecule has 1 aromatic rings. The molecule has 0 spiro atoms. The molecular weight excluding hydrogens is 360 g/mol. The van der Waals surface area contributed by atoms with E-state index in [0.29, 0.717) is 13.0 Å². The SMILES string of the molecule is O=C1CCS[C@@H]2CCCC[C@]2(C(=O)NC2CCCCC2)N1Cc1ccco1. The number of hydrogen-bond donors (Lipinski definition) is 1. The zero-order valence-corrected chi connectivity index (χ0v) is 16.8. The van der Waals surface area contributed by atoms with Gasteiger partial charge in [0.25, 0.3) is 0 Å². The van der Waals surface area contributed by atoms with Gasteiger partial charge in [0.2, 0.25) is 11.8 Å². The Labute approximate surface area is 165 Å². The van der Waals surface area contributed by atoms with Gasteiger partial charge >= 0.3 is 0 Å². The average Bonchev–Trinajstić information content (AvgIpc) is 3.15. The van der Waals surface area contributed by atoms with Gasteiger partial charge in [0, 0.05) is 23.5 Å². The van der Waals surface area contributed by atoms with Crippen molar-refractivity contribution in [3.8, 4) is 0 Å². The Hall–Kier alpha value is -1.43. The summed E-state index contributed by atoms with van der Waals surface area (Å²) in [4.78, 5) is 28.7. The number of nitrogens with zero attached hydrogens (tertiary/aromatic N) is 1. The van der Waals surface area contributed by atoms with Gasteiger partial charge in [0.1, 0.15) is 11.3 Å². The Balaban J connectivity index is 1.65. The van der Waals surface area contributed by atoms with Crippen LogP contribution >= 0.6 is 11.8 Å². The molecule has 6 heteroatoms. The molecule has 3 fully saturated rings. The molecule has 1 aromatic heterocycles. The van der Waals surface area contributed by atoms with Crippen LogP contribution in [0.15, 0.2) is 22.8 Å². The fraction of sp³-hybridized carbons (Fsp3) is 0.714. The summed E-state index contributed by atoms with van der Waals surface area (Å²) in [6, 6.07) is 4.01. The molecule has 2 amide bonds. The maximum absolute atomic E-state index is 13.7. The summed E-state index contributed by atoms with van der Waals surface area (Å²) in [5.74, 6) is 1.72. The second-order valence-electron chi connectivity index (χ2n) is 8.15. The van der Waals surface area contributed by atoms with Gasteiger partial charge in [-0.2, -0.15) is 11.8 Å². The third-order valence-electron chi connectivity index (χ3n) is 6.45. The number of furan rings is 1. The minimum absolute atomic E-state index is 0.0772. The van der Waals surface area contributed by atoms with E-state index in [4.69, 9.17) is 4.42 Å². The minimum Gasteiger partial charge on any atom is -0.467 e. The first-order valence-electron chi connectivity index (χ1n) is 10.5. The topological polar surface area (TPSA) is 62.6 Å². The Morgan fingerprint density at radius 2 is 2.04 bits per heavy atom. The van der Waals surface area contributed by atoms with Crippen molar-refractivity contribution in [3.05, 3.63) is 24.2 Å². The van der Waals surface area contributed by atoms with Crippen molar-refractivity contribution in [2.45, 2.75) is 87.6 Å². The maximum Gasteiger partial charge on any atom is 0.247 e. The van der Waals surface area contributed by atoms with E-state index in [1.807, 2.05) is 28.8 Å². The zero-order chi connectivity index (χ0) is 18.7. The molecule has 1 aliphatic heterocycles. The van der Waals surface area contributed by atoms with Crippen LogP contribution < -0.4 is 5.32 Å². The van der Waals surface area contributed by atoms with Crippen molar-refractivity contribution in [2.24, 2.45) is 0 Å². The standard InChI is InChI=1S/C21H30N2O3S/c24-19-11-14-27-18-10-4-5-12-21(18,23(19)15-17-9-6-13-26-17)20(25)22-16-7-2-1-3-8-16/h6,9,13,16,18H,1-5,7-8,10-12,14-15H2,(H,22,25)/t18-,21+/m1/s1. The van der Waals surface area contributed by atoms with Crippen LogP contribution in [-0.2, 0) is 16.1 Å². The number of hydrogen-bond acceptors (Lipinski definition) is 4. The van der Waals surface area contributed by atoms with Crippen LogP contribution in [-0.4, -0.2) is 39.3 Å². The van der Waals surface area contributed by atoms with Crippen molar-refractivity contribution in [1.82, 2.24) is 10.2 Å². The van der Waals surface area contributed by atoms with Crippen LogP contribution in [0.2, 0.25) is 0 Å². The lowest BCUT2D eigenvalue weighted by Crippen LogP contribution is -2.66. The normalized spacial score (nSPS) is 29.9. The summed E-state index contributed by atoms with van der Waals surface area (Å²) in [6.45, 7) is 0.390. The van der Waals surface area contributed by atoms with Gasteiger partial charge in [0.15, 0.2) is 0 Å². The van der Waals surface area contributed by atoms with E-state index in [0.717, 1.165) is 50.0 Å². The highest BCUT2D eigenvalue weighted by atomic mass is 32.2. The summed E-state index contributed by atoms with van der Waals surface area (Å²) in [6.07, 6.45) is 11.8. The lowest BCUT2D eigenvalue weighted by Gasteiger charge is -2.48. The van der Waals surface area contributed by atoms with Crippen molar-refractivity contribution in [2.75, 3.05) is 5.75 Å². The van der Waals surface area contributed by atoms with Crippen LogP contribution in [0, 0.1) is 0 Å². The third kappa shape index (κ3) is 3.78. The smallest absolute Gasteiger partial charge is 0.247 e. The molecule has 2 atom stereocenters. The number of amides is 2. The first-order valence-corrected chi connectivity index (χ1v) is 11.5. The maximum atomic E-state index is 13.7. The molecule has 3 aliphatic rings. The lowest BCUT2D eigenvalue weighted by atomic mass is 9.78. The molecule has 2 saturated carbocycles. The fourth-order valence-corrected chi connectivity index (χ4v) is 6.57. The summed E-state index contributed by atoms with van der Waals surface area (Å²) >= 11 is 1.82. The van der Waals surface area contributed by atoms with Crippen LogP contribution in [0.5, 0.6) is 0 Å². The molecule has 1 N–H and O–H groups in total. The van der Waals surface area contributed by atoms with Crippen molar-refractivity contribution in [3.63, 3.8) is 0 Å². The first kappa shape index (κ1) is 18.9. The van der Waals surface area contributed by atoms with Crippen LogP contribution in [0.4, 0.5) is 0 Å². The van der Waals surface area contributed by atoms with Crippen molar-refractivity contribution >= 4 is 23.6 Å². The molecule has 0 bridgehead atoms. The predicted molar refractivity (Wildman–Crippen MR) is 106 cm³/mol. The largest absolute Gasteiger partial charge is 0.467 e. The average molecular weight is 391 g/mol. The number of carbonyl (C=O) groups is 2. The van der Waals surface area contributed by atoms with E-state index >= 15 is 0 Å². The van der Waals surface area contributed by atoms with Gasteiger partial charge in [-0.25, -0.2) is 0 Å². The Morgan fingerprint density at radius 1 is 1.22 bits per heavy atom. The first-order chi connectivity index (χ1) is 13.2. The van der Waals surface area contributed by atoms with Crippen LogP contribution in [0.3, 0.4) is 0 Å². The fourth-order valence-electron chi connectivity index (χ4n) is 5.03. The Bertz CT molecular complexity index is 656. The van der Waals surface area contributed by atoms with E-state index in [9.17, 15) is 9.59 Å². The molecule has 2 heterocycles. The van der Waals surface area contributed by atoms with Gasteiger partial charge in [-0.15, -0.1) is 0 Å².